The van der Waals surface area contributed by atoms with E-state index in [0.29, 0.717) is 5.78 Å². The highest BCUT2D eigenvalue weighted by atomic mass is 19.1. The monoisotopic (exact) mass is 585 g/mol. The van der Waals surface area contributed by atoms with Crippen molar-refractivity contribution >= 4 is 5.78 Å². The van der Waals surface area contributed by atoms with Crippen LogP contribution in [0.2, 0.25) is 0 Å². The van der Waals surface area contributed by atoms with Crippen molar-refractivity contribution in [3.8, 4) is 0 Å². The van der Waals surface area contributed by atoms with Gasteiger partial charge in [-0.1, -0.05) is 117 Å². The quantitative estimate of drug-likeness (QED) is 0.186. The smallest absolute Gasteiger partial charge is 0.151 e. The fraction of sp³-hybridized carbons (Fsp3) is 0.975. The van der Waals surface area contributed by atoms with Gasteiger partial charge in [0.25, 0.3) is 0 Å². The van der Waals surface area contributed by atoms with E-state index >= 15 is 4.39 Å². The number of unbranched alkanes of at least 4 members (excludes halogenated alkanes) is 8. The summed E-state index contributed by atoms with van der Waals surface area (Å²) in [6.45, 7) is 4.60. The Kier molecular flexibility index (Phi) is 12.4. The van der Waals surface area contributed by atoms with E-state index in [0.717, 1.165) is 86.9 Å². The molecular weight excluding hydrogens is 515 g/mol. The molecule has 42 heavy (non-hydrogen) atoms. The minimum atomic E-state index is -0.841. The Bertz CT molecular complexity index is 722. The lowest BCUT2D eigenvalue weighted by Crippen LogP contribution is -2.69. The summed E-state index contributed by atoms with van der Waals surface area (Å²) in [7, 11) is 0. The Balaban J connectivity index is 0.992. The maximum atomic E-state index is 16.3. The minimum Gasteiger partial charge on any atom is -0.298 e. The van der Waals surface area contributed by atoms with Crippen molar-refractivity contribution in [2.45, 2.75) is 200 Å². The average molecular weight is 585 g/mol. The van der Waals surface area contributed by atoms with Crippen LogP contribution in [0.25, 0.3) is 0 Å². The first-order valence-electron chi connectivity index (χ1n) is 19.7. The Labute approximate surface area is 260 Å². The van der Waals surface area contributed by atoms with Crippen LogP contribution in [0.1, 0.15) is 194 Å². The molecule has 0 aromatic heterocycles. The first-order chi connectivity index (χ1) is 20.5. The number of rotatable bonds is 14. The molecular formula is C40H69FO. The number of carbonyl (C=O) groups excluding carboxylic acids is 1. The fourth-order valence-electron chi connectivity index (χ4n) is 11.4. The molecule has 0 atom stereocenters. The lowest BCUT2D eigenvalue weighted by Gasteiger charge is -2.62. The molecule has 0 bridgehead atoms. The van der Waals surface area contributed by atoms with E-state index in [9.17, 15) is 4.79 Å². The van der Waals surface area contributed by atoms with Crippen LogP contribution >= 0.6 is 0 Å². The molecule has 0 amide bonds. The lowest BCUT2D eigenvalue weighted by atomic mass is 9.41. The van der Waals surface area contributed by atoms with Crippen molar-refractivity contribution in [1.82, 2.24) is 0 Å². The van der Waals surface area contributed by atoms with Crippen molar-refractivity contribution < 1.29 is 9.18 Å². The van der Waals surface area contributed by atoms with Gasteiger partial charge in [-0.05, 0) is 113 Å². The molecule has 5 rings (SSSR count). The zero-order chi connectivity index (χ0) is 29.4. The second kappa shape index (κ2) is 15.7. The van der Waals surface area contributed by atoms with Gasteiger partial charge < -0.3 is 0 Å². The zero-order valence-electron chi connectivity index (χ0n) is 28.1. The van der Waals surface area contributed by atoms with Crippen LogP contribution in [0.3, 0.4) is 0 Å². The Morgan fingerprint density at radius 2 is 0.833 bits per heavy atom. The number of Topliss-reactive ketones (excluding diaryl/α,β-unsaturated/α-hetero) is 1. The van der Waals surface area contributed by atoms with E-state index in [1.807, 2.05) is 0 Å². The third-order valence-corrected chi connectivity index (χ3v) is 14.3. The van der Waals surface area contributed by atoms with Crippen LogP contribution in [0, 0.1) is 46.3 Å². The number of halogens is 1. The van der Waals surface area contributed by atoms with Crippen LogP contribution in [0.4, 0.5) is 4.39 Å². The van der Waals surface area contributed by atoms with Crippen LogP contribution in [0.5, 0.6) is 0 Å². The Hall–Kier alpha value is -0.400. The maximum absolute atomic E-state index is 16.3. The molecule has 0 aliphatic heterocycles. The Morgan fingerprint density at radius 3 is 1.17 bits per heavy atom. The second-order valence-corrected chi connectivity index (χ2v) is 16.6. The minimum absolute atomic E-state index is 0.387. The molecule has 1 nitrogen and oxygen atoms in total. The number of hydrogen-bond acceptors (Lipinski definition) is 1. The lowest BCUT2D eigenvalue weighted by molar-refractivity contribution is -0.194. The van der Waals surface area contributed by atoms with Crippen LogP contribution in [0.15, 0.2) is 0 Å². The summed E-state index contributed by atoms with van der Waals surface area (Å²) in [5.41, 5.74) is -1.15. The zero-order valence-corrected chi connectivity index (χ0v) is 28.1. The van der Waals surface area contributed by atoms with Gasteiger partial charge in [-0.25, -0.2) is 4.39 Å². The molecule has 2 spiro atoms. The third-order valence-electron chi connectivity index (χ3n) is 14.3. The van der Waals surface area contributed by atoms with Gasteiger partial charge in [0.1, 0.15) is 6.17 Å². The number of carbonyl (C=O) groups is 1. The molecule has 5 saturated carbocycles. The van der Waals surface area contributed by atoms with Crippen molar-refractivity contribution in [3.63, 3.8) is 0 Å². The van der Waals surface area contributed by atoms with Gasteiger partial charge in [0.05, 0.1) is 10.8 Å². The summed E-state index contributed by atoms with van der Waals surface area (Å²) in [5, 5.41) is 0. The highest BCUT2D eigenvalue weighted by Gasteiger charge is 2.71. The SMILES string of the molecule is CCCCCCCC1CCC(C2CCC3(CC2)C(=O)C2(CCC(C4CCC(CCCCCCC)CC4)CC2)C3F)CC1. The van der Waals surface area contributed by atoms with Gasteiger partial charge in [0.2, 0.25) is 0 Å². The number of alkyl halides is 1. The first kappa shape index (κ1) is 33.0. The molecule has 0 saturated heterocycles. The maximum Gasteiger partial charge on any atom is 0.151 e. The van der Waals surface area contributed by atoms with Crippen molar-refractivity contribution in [2.75, 3.05) is 0 Å². The van der Waals surface area contributed by atoms with Crippen molar-refractivity contribution in [3.05, 3.63) is 0 Å². The van der Waals surface area contributed by atoms with E-state index in [4.69, 9.17) is 0 Å². The van der Waals surface area contributed by atoms with Gasteiger partial charge in [-0.2, -0.15) is 0 Å². The van der Waals surface area contributed by atoms with E-state index in [-0.39, 0.29) is 0 Å². The van der Waals surface area contributed by atoms with E-state index in [2.05, 4.69) is 13.8 Å². The van der Waals surface area contributed by atoms with Gasteiger partial charge >= 0.3 is 0 Å². The van der Waals surface area contributed by atoms with Gasteiger partial charge in [0.15, 0.2) is 5.78 Å². The highest BCUT2D eigenvalue weighted by Crippen LogP contribution is 2.66. The first-order valence-corrected chi connectivity index (χ1v) is 19.7. The number of ketones is 1. The van der Waals surface area contributed by atoms with Gasteiger partial charge in [-0.15, -0.1) is 0 Å². The number of hydrogen-bond donors (Lipinski definition) is 0. The summed E-state index contributed by atoms with van der Waals surface area (Å²) in [6, 6.07) is 0. The molecule has 5 fully saturated rings. The summed E-state index contributed by atoms with van der Waals surface area (Å²) in [5.74, 6) is 5.55. The van der Waals surface area contributed by atoms with Crippen LogP contribution < -0.4 is 0 Å². The van der Waals surface area contributed by atoms with Crippen molar-refractivity contribution in [1.29, 1.82) is 0 Å². The fourth-order valence-corrected chi connectivity index (χ4v) is 11.4. The highest BCUT2D eigenvalue weighted by molar-refractivity contribution is 5.98. The van der Waals surface area contributed by atoms with E-state index in [1.54, 1.807) is 0 Å². The Morgan fingerprint density at radius 1 is 0.500 bits per heavy atom. The molecule has 2 heteroatoms. The summed E-state index contributed by atoms with van der Waals surface area (Å²) < 4.78 is 16.3. The van der Waals surface area contributed by atoms with E-state index in [1.165, 1.54) is 128 Å². The summed E-state index contributed by atoms with van der Waals surface area (Å²) in [4.78, 5) is 13.9. The second-order valence-electron chi connectivity index (χ2n) is 16.6. The molecule has 242 valence electrons. The van der Waals surface area contributed by atoms with E-state index < -0.39 is 17.0 Å². The van der Waals surface area contributed by atoms with Crippen LogP contribution in [-0.2, 0) is 4.79 Å². The average Bonchev–Trinajstić information content (AvgIpc) is 3.05. The predicted octanol–water partition coefficient (Wildman–Crippen LogP) is 12.6. The molecule has 5 aliphatic rings. The molecule has 0 aromatic rings. The van der Waals surface area contributed by atoms with Crippen molar-refractivity contribution in [2.24, 2.45) is 46.3 Å². The molecule has 0 radical (unpaired) electrons. The topological polar surface area (TPSA) is 17.1 Å². The molecule has 0 N–H and O–H groups in total. The van der Waals surface area contributed by atoms with Gasteiger partial charge in [0, 0.05) is 0 Å². The predicted molar refractivity (Wildman–Crippen MR) is 176 cm³/mol. The summed E-state index contributed by atoms with van der Waals surface area (Å²) in [6.07, 6.45) is 35.4. The molecule has 0 heterocycles. The van der Waals surface area contributed by atoms with Crippen LogP contribution in [-0.4, -0.2) is 12.0 Å². The molecule has 0 unspecified atom stereocenters. The summed E-state index contributed by atoms with van der Waals surface area (Å²) >= 11 is 0. The normalized spacial score (nSPS) is 40.8. The standard InChI is InChI=1S/C40H69FO/c1-3-5-7-9-11-13-31-15-19-33(20-16-31)35-23-27-39(28-24-35)37(41)40(38(39)42)29-25-36(26-30-40)34-21-17-32(18-22-34)14-12-10-8-6-4-2/h31-37H,3-30H2,1-2H3. The van der Waals surface area contributed by atoms with Gasteiger partial charge in [-0.3, -0.25) is 4.79 Å². The molecule has 5 aliphatic carbocycles. The molecule has 0 aromatic carbocycles. The third kappa shape index (κ3) is 7.35. The largest absolute Gasteiger partial charge is 0.298 e.